The Labute approximate surface area is 192 Å². The van der Waals surface area contributed by atoms with E-state index in [-0.39, 0.29) is 24.0 Å². The topological polar surface area (TPSA) is 71.4 Å². The van der Waals surface area contributed by atoms with E-state index >= 15 is 0 Å². The summed E-state index contributed by atoms with van der Waals surface area (Å²) in [7, 11) is 1.77. The fraction of sp³-hybridized carbons (Fsp3) is 0.286. The summed E-state index contributed by atoms with van der Waals surface area (Å²) in [6.45, 7) is 3.93. The van der Waals surface area contributed by atoms with Gasteiger partial charge in [-0.2, -0.15) is 0 Å². The quantitative estimate of drug-likeness (QED) is 0.266. The Kier molecular flexibility index (Phi) is 9.85. The number of hydrogen-bond donors (Lipinski definition) is 2. The summed E-state index contributed by atoms with van der Waals surface area (Å²) in [4.78, 5) is 13.0. The number of ether oxygens (including phenoxy) is 1. The van der Waals surface area contributed by atoms with Gasteiger partial charge in [-0.1, -0.05) is 18.2 Å². The van der Waals surface area contributed by atoms with Crippen LogP contribution in [-0.2, 0) is 19.6 Å². The molecule has 2 aromatic heterocycles. The number of aliphatic imine (C=N–C) groups is 1. The number of rotatable bonds is 8. The minimum absolute atomic E-state index is 0. The van der Waals surface area contributed by atoms with Gasteiger partial charge in [0.05, 0.1) is 16.4 Å². The predicted octanol–water partition coefficient (Wildman–Crippen LogP) is 3.95. The first-order valence-corrected chi connectivity index (χ1v) is 10.1. The molecule has 2 N–H and O–H groups in total. The van der Waals surface area contributed by atoms with E-state index in [0.717, 1.165) is 46.6 Å². The molecule has 0 saturated heterocycles. The van der Waals surface area contributed by atoms with Crippen LogP contribution in [0.4, 0.5) is 0 Å². The number of hydrogen-bond acceptors (Lipinski definition) is 5. The van der Waals surface area contributed by atoms with Crippen molar-refractivity contribution < 1.29 is 4.74 Å². The molecule has 0 fully saturated rings. The van der Waals surface area contributed by atoms with Crippen molar-refractivity contribution in [1.82, 2.24) is 20.6 Å². The van der Waals surface area contributed by atoms with Gasteiger partial charge in [0, 0.05) is 38.1 Å². The van der Waals surface area contributed by atoms with Crippen LogP contribution in [0.1, 0.15) is 22.0 Å². The Balaban J connectivity index is 0.00000300. The van der Waals surface area contributed by atoms with Crippen molar-refractivity contribution in [2.24, 2.45) is 4.99 Å². The minimum atomic E-state index is 0. The van der Waals surface area contributed by atoms with Gasteiger partial charge in [0.1, 0.15) is 12.4 Å². The van der Waals surface area contributed by atoms with Crippen LogP contribution in [0, 0.1) is 6.92 Å². The average molecular weight is 523 g/mol. The summed E-state index contributed by atoms with van der Waals surface area (Å²) >= 11 is 1.68. The Morgan fingerprint density at radius 2 is 2.03 bits per heavy atom. The number of halogens is 1. The number of aromatic nitrogens is 2. The number of nitrogens with zero attached hydrogens (tertiary/aromatic N) is 3. The average Bonchev–Trinajstić information content (AvgIpc) is 3.15. The van der Waals surface area contributed by atoms with Gasteiger partial charge < -0.3 is 15.4 Å². The Morgan fingerprint density at radius 1 is 1.14 bits per heavy atom. The van der Waals surface area contributed by atoms with Crippen molar-refractivity contribution in [1.29, 1.82) is 0 Å². The highest BCUT2D eigenvalue weighted by Gasteiger charge is 2.03. The van der Waals surface area contributed by atoms with Crippen molar-refractivity contribution in [2.75, 3.05) is 13.6 Å². The molecular formula is C21H26IN5OS. The van der Waals surface area contributed by atoms with Crippen LogP contribution in [0.3, 0.4) is 0 Å². The number of guanidine groups is 1. The summed E-state index contributed by atoms with van der Waals surface area (Å²) in [6, 6.07) is 13.8. The van der Waals surface area contributed by atoms with E-state index < -0.39 is 0 Å². The molecule has 0 bridgehead atoms. The standard InChI is InChI=1S/C21H25N5OS.HI/c1-16-26-19(15-28-16)9-11-24-21(22-2)25-13-17-6-5-8-20(12-17)27-14-18-7-3-4-10-23-18;/h3-8,10,12,15H,9,11,13-14H2,1-2H3,(H2,22,24,25);1H. The molecule has 0 saturated carbocycles. The van der Waals surface area contributed by atoms with Crippen LogP contribution in [-0.4, -0.2) is 29.5 Å². The Hall–Kier alpha value is -2.20. The molecule has 3 aromatic rings. The molecule has 0 aliphatic carbocycles. The second-order valence-electron chi connectivity index (χ2n) is 6.22. The molecule has 0 radical (unpaired) electrons. The number of pyridine rings is 1. The fourth-order valence-electron chi connectivity index (χ4n) is 2.62. The maximum Gasteiger partial charge on any atom is 0.191 e. The van der Waals surface area contributed by atoms with Crippen molar-refractivity contribution in [2.45, 2.75) is 26.5 Å². The van der Waals surface area contributed by atoms with Crippen LogP contribution < -0.4 is 15.4 Å². The number of benzene rings is 1. The lowest BCUT2D eigenvalue weighted by atomic mass is 10.2. The van der Waals surface area contributed by atoms with Crippen molar-refractivity contribution >= 4 is 41.3 Å². The molecule has 154 valence electrons. The first-order chi connectivity index (χ1) is 13.7. The van der Waals surface area contributed by atoms with Crippen LogP contribution in [0.5, 0.6) is 5.75 Å². The zero-order valence-electron chi connectivity index (χ0n) is 16.6. The normalized spacial score (nSPS) is 10.9. The van der Waals surface area contributed by atoms with E-state index in [1.54, 1.807) is 24.6 Å². The maximum atomic E-state index is 5.84. The zero-order chi connectivity index (χ0) is 19.6. The summed E-state index contributed by atoms with van der Waals surface area (Å²) < 4.78 is 5.84. The maximum absolute atomic E-state index is 5.84. The summed E-state index contributed by atoms with van der Waals surface area (Å²) in [5.74, 6) is 1.60. The van der Waals surface area contributed by atoms with Crippen molar-refractivity contribution in [3.05, 3.63) is 76.0 Å². The lowest BCUT2D eigenvalue weighted by Gasteiger charge is -2.12. The van der Waals surface area contributed by atoms with Gasteiger partial charge in [0.25, 0.3) is 0 Å². The molecule has 0 aliphatic heterocycles. The Morgan fingerprint density at radius 3 is 2.76 bits per heavy atom. The minimum Gasteiger partial charge on any atom is -0.487 e. The summed E-state index contributed by atoms with van der Waals surface area (Å²) in [5, 5.41) is 9.85. The van der Waals surface area contributed by atoms with Gasteiger partial charge in [0.15, 0.2) is 5.96 Å². The highest BCUT2D eigenvalue weighted by atomic mass is 127. The second kappa shape index (κ2) is 12.4. The van der Waals surface area contributed by atoms with E-state index in [0.29, 0.717) is 13.2 Å². The fourth-order valence-corrected chi connectivity index (χ4v) is 3.27. The van der Waals surface area contributed by atoms with Crippen LogP contribution in [0.15, 0.2) is 59.0 Å². The van der Waals surface area contributed by atoms with E-state index in [2.05, 4.69) is 37.0 Å². The molecule has 29 heavy (non-hydrogen) atoms. The third kappa shape index (κ3) is 7.98. The van der Waals surface area contributed by atoms with E-state index in [9.17, 15) is 0 Å². The van der Waals surface area contributed by atoms with Crippen LogP contribution in [0.2, 0.25) is 0 Å². The molecule has 0 unspecified atom stereocenters. The lowest BCUT2D eigenvalue weighted by Crippen LogP contribution is -2.37. The van der Waals surface area contributed by atoms with E-state index in [1.807, 2.05) is 43.3 Å². The lowest BCUT2D eigenvalue weighted by molar-refractivity contribution is 0.301. The highest BCUT2D eigenvalue weighted by Crippen LogP contribution is 2.14. The number of thiazole rings is 1. The summed E-state index contributed by atoms with van der Waals surface area (Å²) in [6.07, 6.45) is 2.65. The molecule has 0 amide bonds. The second-order valence-corrected chi connectivity index (χ2v) is 7.28. The Bertz CT molecular complexity index is 901. The molecule has 0 atom stereocenters. The zero-order valence-corrected chi connectivity index (χ0v) is 19.7. The van der Waals surface area contributed by atoms with Crippen LogP contribution in [0.25, 0.3) is 0 Å². The first-order valence-electron chi connectivity index (χ1n) is 9.20. The van der Waals surface area contributed by atoms with E-state index in [4.69, 9.17) is 4.74 Å². The molecule has 1 aromatic carbocycles. The third-order valence-electron chi connectivity index (χ3n) is 4.04. The number of nitrogens with one attached hydrogen (secondary N) is 2. The van der Waals surface area contributed by atoms with Crippen LogP contribution >= 0.6 is 35.3 Å². The molecule has 8 heteroatoms. The van der Waals surface area contributed by atoms with Gasteiger partial charge in [-0.15, -0.1) is 35.3 Å². The molecule has 3 rings (SSSR count). The monoisotopic (exact) mass is 523 g/mol. The molecule has 0 spiro atoms. The molecule has 6 nitrogen and oxygen atoms in total. The molecule has 2 heterocycles. The van der Waals surface area contributed by atoms with Crippen molar-refractivity contribution in [3.8, 4) is 5.75 Å². The predicted molar refractivity (Wildman–Crippen MR) is 129 cm³/mol. The summed E-state index contributed by atoms with van der Waals surface area (Å²) in [5.41, 5.74) is 3.14. The molecular weight excluding hydrogens is 497 g/mol. The van der Waals surface area contributed by atoms with Gasteiger partial charge in [-0.25, -0.2) is 4.98 Å². The smallest absolute Gasteiger partial charge is 0.191 e. The van der Waals surface area contributed by atoms with E-state index in [1.165, 1.54) is 0 Å². The number of aryl methyl sites for hydroxylation is 1. The highest BCUT2D eigenvalue weighted by molar-refractivity contribution is 14.0. The SMILES string of the molecule is CN=C(NCCc1csc(C)n1)NCc1cccc(OCc2ccccn2)c1.I. The van der Waals surface area contributed by atoms with Gasteiger partial charge in [-0.3, -0.25) is 9.98 Å². The van der Waals surface area contributed by atoms with Crippen molar-refractivity contribution in [3.63, 3.8) is 0 Å². The first kappa shape index (κ1) is 23.1. The molecule has 0 aliphatic rings. The van der Waals surface area contributed by atoms with Gasteiger partial charge in [-0.05, 0) is 36.8 Å². The van der Waals surface area contributed by atoms with Gasteiger partial charge in [0.2, 0.25) is 0 Å². The van der Waals surface area contributed by atoms with Gasteiger partial charge >= 0.3 is 0 Å². The third-order valence-corrected chi connectivity index (χ3v) is 4.86. The largest absolute Gasteiger partial charge is 0.487 e.